The fraction of sp³-hybridized carbons (Fsp3) is 0.893. The van der Waals surface area contributed by atoms with Crippen LogP contribution in [0.15, 0.2) is 12.2 Å². The minimum absolute atomic E-state index is 0.0378. The van der Waals surface area contributed by atoms with Crippen LogP contribution in [0.25, 0.3) is 0 Å². The maximum atomic E-state index is 12.9. The number of amides is 4. The van der Waals surface area contributed by atoms with Gasteiger partial charge in [-0.15, -0.1) is 0 Å². The van der Waals surface area contributed by atoms with Crippen LogP contribution < -0.4 is 10.6 Å². The Bertz CT molecular complexity index is 2030. The van der Waals surface area contributed by atoms with Crippen LogP contribution in [0.2, 0.25) is 0 Å². The highest BCUT2D eigenvalue weighted by Crippen LogP contribution is 2.43. The molecule has 0 radical (unpaired) electrons. The number of ether oxygens (including phenoxy) is 14. The van der Waals surface area contributed by atoms with Crippen LogP contribution in [-0.4, -0.2) is 249 Å². The summed E-state index contributed by atoms with van der Waals surface area (Å²) in [6.45, 7) is 13.1. The zero-order valence-electron chi connectivity index (χ0n) is 63.7. The third kappa shape index (κ3) is 71.1. The first kappa shape index (κ1) is 97.4. The lowest BCUT2D eigenvalue weighted by atomic mass is 10.0. The number of nitrogens with one attached hydrogen (secondary N) is 2. The number of carbonyl (C=O) groups is 6. The summed E-state index contributed by atoms with van der Waals surface area (Å²) in [7, 11) is -4.63. The minimum Gasteiger partial charge on any atom is -0.462 e. The largest absolute Gasteiger partial charge is 0.472 e. The number of rotatable bonds is 84. The lowest BCUT2D eigenvalue weighted by Gasteiger charge is -2.20. The molecule has 0 aliphatic carbocycles. The van der Waals surface area contributed by atoms with Crippen molar-refractivity contribution in [2.45, 2.75) is 238 Å². The first-order valence-corrected chi connectivity index (χ1v) is 40.9. The molecule has 28 heteroatoms. The van der Waals surface area contributed by atoms with E-state index in [1.165, 1.54) is 153 Å². The van der Waals surface area contributed by atoms with E-state index >= 15 is 0 Å². The second-order valence-corrected chi connectivity index (χ2v) is 27.0. The average Bonchev–Trinajstić information content (AvgIpc) is 1.76. The van der Waals surface area contributed by atoms with Gasteiger partial charge in [-0.05, 0) is 12.8 Å². The summed E-state index contributed by atoms with van der Waals surface area (Å²) in [5.41, 5.74) is 0. The number of phosphoric acid groups is 1. The topological polar surface area (TPSA) is 315 Å². The summed E-state index contributed by atoms with van der Waals surface area (Å²) in [6.07, 6.45) is 38.2. The number of unbranched alkanes of at least 4 members (excludes halogenated alkanes) is 28. The van der Waals surface area contributed by atoms with Gasteiger partial charge in [-0.2, -0.15) is 0 Å². The molecule has 0 saturated carbocycles. The summed E-state index contributed by atoms with van der Waals surface area (Å²) in [4.78, 5) is 84.4. The van der Waals surface area contributed by atoms with E-state index in [1.807, 2.05) is 0 Å². The van der Waals surface area contributed by atoms with Gasteiger partial charge >= 0.3 is 19.8 Å². The summed E-state index contributed by atoms with van der Waals surface area (Å²) in [5, 5.41) is 5.29. The summed E-state index contributed by atoms with van der Waals surface area (Å²) >= 11 is 0. The standard InChI is InChI=1S/C75H140N3O24P/c1-3-5-7-9-11-13-15-17-19-21-23-25-27-29-31-33-74(83)99-67-69(102-75(84)34-32-30-28-26-24-22-20-18-16-14-12-10-8-6-4-2)68-101-103(85,86)100-44-40-77-71(80)38-42-87-45-47-89-49-51-91-53-55-93-57-59-95-61-63-97-65-66-98-64-62-96-60-58-94-56-54-92-52-50-90-48-46-88-43-39-76-70(79)37-41-78-72(81)35-36-73(78)82/h35-36,69H,3-34,37-68H2,1-2H3,(H,76,79)(H,77,80)(H,85,86). The van der Waals surface area contributed by atoms with E-state index in [1.54, 1.807) is 0 Å². The van der Waals surface area contributed by atoms with E-state index in [0.29, 0.717) is 165 Å². The summed E-state index contributed by atoms with van der Waals surface area (Å²) in [6, 6.07) is 0. The lowest BCUT2D eigenvalue weighted by molar-refractivity contribution is -0.161. The Labute approximate surface area is 618 Å². The van der Waals surface area contributed by atoms with Crippen LogP contribution in [0.5, 0.6) is 0 Å². The molecule has 1 aliphatic heterocycles. The molecular formula is C75H140N3O24P. The predicted octanol–water partition coefficient (Wildman–Crippen LogP) is 11.2. The zero-order valence-corrected chi connectivity index (χ0v) is 64.6. The van der Waals surface area contributed by atoms with Crippen molar-refractivity contribution in [2.24, 2.45) is 0 Å². The number of esters is 2. The van der Waals surface area contributed by atoms with Gasteiger partial charge in [-0.25, -0.2) is 4.57 Å². The molecule has 0 aromatic carbocycles. The van der Waals surface area contributed by atoms with Crippen molar-refractivity contribution in [1.82, 2.24) is 15.5 Å². The minimum atomic E-state index is -4.63. The van der Waals surface area contributed by atoms with Crippen LogP contribution in [-0.2, 0) is 109 Å². The molecule has 27 nitrogen and oxygen atoms in total. The summed E-state index contributed by atoms with van der Waals surface area (Å²) < 4.78 is 100. The molecule has 2 atom stereocenters. The smallest absolute Gasteiger partial charge is 0.462 e. The lowest BCUT2D eigenvalue weighted by Crippen LogP contribution is -2.35. The molecule has 0 fully saturated rings. The van der Waals surface area contributed by atoms with Crippen molar-refractivity contribution in [3.63, 3.8) is 0 Å². The molecule has 4 amide bonds. The molecule has 1 rings (SSSR count). The third-order valence-corrected chi connectivity index (χ3v) is 17.4. The Morgan fingerprint density at radius 1 is 0.350 bits per heavy atom. The van der Waals surface area contributed by atoms with Crippen LogP contribution in [0.1, 0.15) is 232 Å². The van der Waals surface area contributed by atoms with Crippen LogP contribution in [0, 0.1) is 0 Å². The van der Waals surface area contributed by atoms with Gasteiger partial charge in [0.2, 0.25) is 11.8 Å². The fourth-order valence-corrected chi connectivity index (χ4v) is 11.2. The molecule has 3 N–H and O–H groups in total. The maximum absolute atomic E-state index is 12.9. The van der Waals surface area contributed by atoms with Gasteiger partial charge in [0.25, 0.3) is 11.8 Å². The maximum Gasteiger partial charge on any atom is 0.472 e. The highest BCUT2D eigenvalue weighted by atomic mass is 31.2. The summed E-state index contributed by atoms with van der Waals surface area (Å²) in [5.74, 6) is -2.34. The number of imide groups is 1. The molecule has 2 unspecified atom stereocenters. The molecule has 1 heterocycles. The van der Waals surface area contributed by atoms with Crippen molar-refractivity contribution < 1.29 is 114 Å². The van der Waals surface area contributed by atoms with Crippen LogP contribution in [0.4, 0.5) is 0 Å². The number of nitrogens with zero attached hydrogens (tertiary/aromatic N) is 1. The monoisotopic (exact) mass is 1500 g/mol. The van der Waals surface area contributed by atoms with Crippen LogP contribution >= 0.6 is 7.82 Å². The zero-order chi connectivity index (χ0) is 74.5. The van der Waals surface area contributed by atoms with Crippen molar-refractivity contribution in [1.29, 1.82) is 0 Å². The molecule has 0 aromatic heterocycles. The van der Waals surface area contributed by atoms with Gasteiger partial charge in [0.05, 0.1) is 172 Å². The first-order chi connectivity index (χ1) is 50.5. The van der Waals surface area contributed by atoms with E-state index in [9.17, 15) is 38.2 Å². The van der Waals surface area contributed by atoms with E-state index < -0.39 is 44.3 Å². The molecule has 103 heavy (non-hydrogen) atoms. The number of hydrogen-bond acceptors (Lipinski definition) is 23. The fourth-order valence-electron chi connectivity index (χ4n) is 10.5. The van der Waals surface area contributed by atoms with E-state index in [4.69, 9.17) is 75.4 Å². The van der Waals surface area contributed by atoms with Gasteiger partial charge in [-0.1, -0.05) is 194 Å². The number of phosphoric ester groups is 1. The Morgan fingerprint density at radius 2 is 0.631 bits per heavy atom. The van der Waals surface area contributed by atoms with Crippen molar-refractivity contribution >= 4 is 43.4 Å². The molecule has 0 spiro atoms. The Kier molecular flexibility index (Phi) is 72.4. The van der Waals surface area contributed by atoms with Crippen molar-refractivity contribution in [3.05, 3.63) is 12.2 Å². The SMILES string of the molecule is CCCCCCCCCCCCCCCCCC(=O)OCC(COP(=O)(O)OCCNC(=O)CCOCCOCCOCCOCCOCCOCCOCCOCCOCCOCCOCCOCCNC(=O)CCN1C(=O)C=CC1=O)OC(=O)CCCCCCCCCCCCCCCCC. The van der Waals surface area contributed by atoms with E-state index in [-0.39, 0.29) is 77.0 Å². The molecule has 0 bridgehead atoms. The van der Waals surface area contributed by atoms with Gasteiger partial charge in [0, 0.05) is 57.5 Å². The average molecular weight is 1500 g/mol. The Hall–Kier alpha value is -3.61. The number of hydrogen-bond donors (Lipinski definition) is 3. The van der Waals surface area contributed by atoms with Crippen LogP contribution in [0.3, 0.4) is 0 Å². The molecular weight excluding hydrogens is 1360 g/mol. The predicted molar refractivity (Wildman–Crippen MR) is 393 cm³/mol. The number of carbonyl (C=O) groups excluding carboxylic acids is 6. The van der Waals surface area contributed by atoms with E-state index in [2.05, 4.69) is 24.5 Å². The molecule has 0 saturated heterocycles. The van der Waals surface area contributed by atoms with Gasteiger partial charge in [0.1, 0.15) is 6.61 Å². The molecule has 0 aromatic rings. The first-order valence-electron chi connectivity index (χ1n) is 39.4. The van der Waals surface area contributed by atoms with Gasteiger partial charge in [-0.3, -0.25) is 42.7 Å². The van der Waals surface area contributed by atoms with Gasteiger partial charge < -0.3 is 81.8 Å². The molecule has 604 valence electrons. The third-order valence-electron chi connectivity index (χ3n) is 16.4. The Morgan fingerprint density at radius 3 is 0.971 bits per heavy atom. The van der Waals surface area contributed by atoms with E-state index in [0.717, 1.165) is 43.4 Å². The Balaban J connectivity index is 2.00. The van der Waals surface area contributed by atoms with Crippen molar-refractivity contribution in [3.8, 4) is 0 Å². The normalized spacial score (nSPS) is 13.1. The second-order valence-electron chi connectivity index (χ2n) is 25.5. The quantitative estimate of drug-likeness (QED) is 0.0220. The molecule has 1 aliphatic rings. The highest BCUT2D eigenvalue weighted by molar-refractivity contribution is 7.47. The van der Waals surface area contributed by atoms with Crippen molar-refractivity contribution in [2.75, 3.05) is 198 Å². The van der Waals surface area contributed by atoms with Gasteiger partial charge in [0.15, 0.2) is 6.10 Å². The highest BCUT2D eigenvalue weighted by Gasteiger charge is 2.27. The second kappa shape index (κ2) is 76.6.